The number of hydrogen-bond acceptors (Lipinski definition) is 3. The maximum atomic E-state index is 15.3. The second-order valence-corrected chi connectivity index (χ2v) is 18.3. The van der Waals surface area contributed by atoms with Crippen molar-refractivity contribution in [2.45, 2.75) is 12.3 Å². The van der Waals surface area contributed by atoms with Gasteiger partial charge in [0.05, 0.1) is 15.9 Å². The molecule has 9 aromatic rings. The van der Waals surface area contributed by atoms with Crippen LogP contribution in [0, 0.1) is 0 Å². The van der Waals surface area contributed by atoms with E-state index in [0.29, 0.717) is 5.92 Å². The quantitative estimate of drug-likeness (QED) is 0.165. The molecule has 2 nitrogen and oxygen atoms in total. The average Bonchev–Trinajstić information content (AvgIpc) is 3.66. The van der Waals surface area contributed by atoms with Gasteiger partial charge in [0.25, 0.3) is 0 Å². The molecule has 0 saturated carbocycles. The number of aromatic nitrogens is 1. The van der Waals surface area contributed by atoms with E-state index >= 15 is 4.57 Å². The number of fused-ring (bicyclic) bond motifs is 11. The van der Waals surface area contributed by atoms with Crippen LogP contribution in [0.1, 0.15) is 29.2 Å². The van der Waals surface area contributed by atoms with Gasteiger partial charge in [-0.1, -0.05) is 158 Å². The highest BCUT2D eigenvalue weighted by Gasteiger charge is 2.32. The zero-order chi connectivity index (χ0) is 36.5. The summed E-state index contributed by atoms with van der Waals surface area (Å²) in [5.74, 6) is 0.325. The predicted octanol–water partition coefficient (Wildman–Crippen LogP) is 12.5. The van der Waals surface area contributed by atoms with Crippen molar-refractivity contribution in [1.29, 1.82) is 0 Å². The molecule has 11 rings (SSSR count). The first-order valence-corrected chi connectivity index (χ1v) is 21.4. The molecule has 0 amide bonds. The lowest BCUT2D eigenvalue weighted by Gasteiger charge is -2.32. The Balaban J connectivity index is 1.08. The van der Waals surface area contributed by atoms with Crippen molar-refractivity contribution in [3.63, 3.8) is 0 Å². The summed E-state index contributed by atoms with van der Waals surface area (Å²) in [6, 6.07) is 61.3. The highest BCUT2D eigenvalue weighted by atomic mass is 32.1. The minimum absolute atomic E-state index is 0.325. The fourth-order valence-electron chi connectivity index (χ4n) is 8.90. The van der Waals surface area contributed by atoms with Gasteiger partial charge in [-0.2, -0.15) is 0 Å². The lowest BCUT2D eigenvalue weighted by molar-refractivity contribution is 0.592. The first-order chi connectivity index (χ1) is 27.1. The molecular formula is C51H34NOPS. The maximum absolute atomic E-state index is 15.3. The zero-order valence-corrected chi connectivity index (χ0v) is 31.6. The van der Waals surface area contributed by atoms with E-state index in [1.165, 1.54) is 53.6 Å². The van der Waals surface area contributed by atoms with Crippen LogP contribution in [0.4, 0.5) is 0 Å². The fraction of sp³-hybridized carbons (Fsp3) is 0.0392. The molecule has 0 radical (unpaired) electrons. The smallest absolute Gasteiger partial charge is 0.171 e. The lowest BCUT2D eigenvalue weighted by atomic mass is 9.71. The van der Waals surface area contributed by atoms with Crippen molar-refractivity contribution >= 4 is 76.6 Å². The van der Waals surface area contributed by atoms with Crippen LogP contribution < -0.4 is 15.9 Å². The van der Waals surface area contributed by atoms with Crippen LogP contribution in [0.3, 0.4) is 0 Å². The van der Waals surface area contributed by atoms with Crippen molar-refractivity contribution in [3.05, 3.63) is 205 Å². The number of thiophene rings is 1. The van der Waals surface area contributed by atoms with E-state index in [9.17, 15) is 0 Å². The van der Waals surface area contributed by atoms with Crippen LogP contribution in [0.5, 0.6) is 0 Å². The van der Waals surface area contributed by atoms with Gasteiger partial charge >= 0.3 is 0 Å². The van der Waals surface area contributed by atoms with Gasteiger partial charge in [0.1, 0.15) is 0 Å². The van der Waals surface area contributed by atoms with E-state index in [1.54, 1.807) is 0 Å². The molecule has 1 atom stereocenters. The minimum Gasteiger partial charge on any atom is -0.309 e. The summed E-state index contributed by atoms with van der Waals surface area (Å²) in [7, 11) is -3.13. The summed E-state index contributed by atoms with van der Waals surface area (Å²) < 4.78 is 17.8. The number of nitrogens with zero attached hydrogens (tertiary/aromatic N) is 1. The van der Waals surface area contributed by atoms with Crippen molar-refractivity contribution in [3.8, 4) is 22.3 Å². The zero-order valence-electron chi connectivity index (χ0n) is 29.9. The fourth-order valence-corrected chi connectivity index (χ4v) is 12.8. The number of benzene rings is 7. The van der Waals surface area contributed by atoms with E-state index in [1.807, 2.05) is 84.1 Å². The third-order valence-corrected chi connectivity index (χ3v) is 15.7. The highest BCUT2D eigenvalue weighted by Crippen LogP contribution is 2.52. The summed E-state index contributed by atoms with van der Waals surface area (Å²) in [5, 5.41) is 6.11. The molecule has 0 fully saturated rings. The Labute approximate surface area is 324 Å². The number of pyridine rings is 1. The number of allylic oxidation sites excluding steroid dienone is 4. The molecule has 0 N–H and O–H groups in total. The van der Waals surface area contributed by atoms with Crippen LogP contribution in [-0.2, 0) is 4.57 Å². The van der Waals surface area contributed by atoms with Gasteiger partial charge in [0, 0.05) is 42.7 Å². The maximum Gasteiger partial charge on any atom is 0.171 e. The highest BCUT2D eigenvalue weighted by molar-refractivity contribution is 7.85. The summed E-state index contributed by atoms with van der Waals surface area (Å²) >= 11 is 1.83. The summed E-state index contributed by atoms with van der Waals surface area (Å²) in [5.41, 5.74) is 12.1. The second kappa shape index (κ2) is 12.7. The van der Waals surface area contributed by atoms with Crippen molar-refractivity contribution < 1.29 is 4.57 Å². The molecule has 2 aliphatic rings. The molecule has 2 heterocycles. The molecule has 0 spiro atoms. The van der Waals surface area contributed by atoms with E-state index in [-0.39, 0.29) is 0 Å². The van der Waals surface area contributed by atoms with Gasteiger partial charge in [-0.05, 0) is 81.3 Å². The van der Waals surface area contributed by atoms with E-state index in [4.69, 9.17) is 4.98 Å². The summed E-state index contributed by atoms with van der Waals surface area (Å²) in [4.78, 5) is 5.48. The second-order valence-electron chi connectivity index (χ2n) is 14.5. The van der Waals surface area contributed by atoms with Gasteiger partial charge in [-0.3, -0.25) is 0 Å². The van der Waals surface area contributed by atoms with E-state index in [2.05, 4.69) is 115 Å². The third kappa shape index (κ3) is 5.08. The minimum atomic E-state index is -3.13. The molecule has 0 saturated heterocycles. The van der Waals surface area contributed by atoms with Gasteiger partial charge in [-0.25, -0.2) is 4.98 Å². The molecule has 55 heavy (non-hydrogen) atoms. The Hall–Kier alpha value is -6.12. The third-order valence-electron chi connectivity index (χ3n) is 11.5. The van der Waals surface area contributed by atoms with Crippen LogP contribution in [-0.4, -0.2) is 4.98 Å². The Morgan fingerprint density at radius 2 is 1.22 bits per heavy atom. The van der Waals surface area contributed by atoms with Crippen LogP contribution >= 0.6 is 18.5 Å². The molecule has 0 bridgehead atoms. The first kappa shape index (κ1) is 32.3. The van der Waals surface area contributed by atoms with Crippen LogP contribution in [0.25, 0.3) is 64.5 Å². The Morgan fingerprint density at radius 1 is 0.564 bits per heavy atom. The van der Waals surface area contributed by atoms with Crippen molar-refractivity contribution in [2.24, 2.45) is 0 Å². The monoisotopic (exact) mass is 739 g/mol. The first-order valence-electron chi connectivity index (χ1n) is 18.8. The molecule has 2 aliphatic carbocycles. The number of hydrogen-bond donors (Lipinski definition) is 0. The lowest BCUT2D eigenvalue weighted by Crippen LogP contribution is -2.25. The SMILES string of the molecule is O=P(c1ccccc1)(c1ccccc1)c1cccc(-c2ccc3nc(C4=CCC5C(=C4)c4ccccc4-c4ccccc45)c4sc5ccccc5c4c3c2)c1. The largest absolute Gasteiger partial charge is 0.309 e. The van der Waals surface area contributed by atoms with Gasteiger partial charge in [0.2, 0.25) is 0 Å². The average molecular weight is 740 g/mol. The van der Waals surface area contributed by atoms with Crippen LogP contribution in [0.15, 0.2) is 188 Å². The molecule has 0 aliphatic heterocycles. The van der Waals surface area contributed by atoms with Gasteiger partial charge < -0.3 is 4.57 Å². The normalized spacial score (nSPS) is 14.9. The van der Waals surface area contributed by atoms with Crippen molar-refractivity contribution in [2.75, 3.05) is 0 Å². The number of rotatable bonds is 5. The van der Waals surface area contributed by atoms with Crippen LogP contribution in [0.2, 0.25) is 0 Å². The Bertz CT molecular complexity index is 3060. The topological polar surface area (TPSA) is 30.0 Å². The van der Waals surface area contributed by atoms with E-state index < -0.39 is 7.14 Å². The molecule has 2 aromatic heterocycles. The molecule has 1 unspecified atom stereocenters. The van der Waals surface area contributed by atoms with Gasteiger partial charge in [0.15, 0.2) is 7.14 Å². The molecule has 260 valence electrons. The molecular weight excluding hydrogens is 706 g/mol. The summed E-state index contributed by atoms with van der Waals surface area (Å²) in [6.45, 7) is 0. The van der Waals surface area contributed by atoms with Gasteiger partial charge in [-0.15, -0.1) is 11.3 Å². The van der Waals surface area contributed by atoms with Crippen molar-refractivity contribution in [1.82, 2.24) is 4.98 Å². The Kier molecular flexibility index (Phi) is 7.49. The summed E-state index contributed by atoms with van der Waals surface area (Å²) in [6.07, 6.45) is 5.76. The Morgan fingerprint density at radius 3 is 2.02 bits per heavy atom. The predicted molar refractivity (Wildman–Crippen MR) is 235 cm³/mol. The molecule has 7 aromatic carbocycles. The standard InChI is InChI=1S/C51H34NOPS/c53-54(36-15-3-1-4-16-36,37-17-5-2-6-18-37)38-19-13-14-33(30-38)34-27-29-47-46(31-34)49-44-24-11-12-25-48(44)55-51(49)50(52-47)35-26-28-43-41-22-8-7-20-39(41)40-21-9-10-23-42(40)45(43)32-35/h1-27,29-32,43H,28H2. The van der Waals surface area contributed by atoms with E-state index in [0.717, 1.165) is 50.1 Å². The molecule has 4 heteroatoms.